The minimum atomic E-state index is -3.66. The Hall–Kier alpha value is -2.78. The largest absolute Gasteiger partial charge is 0.496 e. The van der Waals surface area contributed by atoms with Crippen molar-refractivity contribution < 1.29 is 17.6 Å². The highest BCUT2D eigenvalue weighted by Gasteiger charge is 2.19. The topological polar surface area (TPSA) is 107 Å². The predicted octanol–water partition coefficient (Wildman–Crippen LogP) is 2.28. The molecule has 0 saturated carbocycles. The average molecular weight is 388 g/mol. The molecule has 1 N–H and O–H groups in total. The number of pyridine rings is 1. The highest BCUT2D eigenvalue weighted by atomic mass is 32.2. The van der Waals surface area contributed by atoms with Crippen molar-refractivity contribution in [2.75, 3.05) is 13.7 Å². The second kappa shape index (κ2) is 7.85. The zero-order valence-corrected chi connectivity index (χ0v) is 16.1. The highest BCUT2D eigenvalue weighted by Crippen LogP contribution is 2.25. The van der Waals surface area contributed by atoms with Crippen molar-refractivity contribution in [1.82, 2.24) is 19.9 Å². The van der Waals surface area contributed by atoms with E-state index in [0.29, 0.717) is 23.1 Å². The van der Waals surface area contributed by atoms with Gasteiger partial charge in [-0.25, -0.2) is 13.1 Å². The highest BCUT2D eigenvalue weighted by molar-refractivity contribution is 7.89. The van der Waals surface area contributed by atoms with Gasteiger partial charge in [-0.3, -0.25) is 4.98 Å². The van der Waals surface area contributed by atoms with E-state index in [1.807, 2.05) is 0 Å². The van der Waals surface area contributed by atoms with Gasteiger partial charge in [-0.15, -0.1) is 10.2 Å². The fraction of sp³-hybridized carbons (Fsp3) is 0.278. The summed E-state index contributed by atoms with van der Waals surface area (Å²) in [6.07, 6.45) is 3.55. The molecule has 0 spiro atoms. The molecule has 2 aromatic heterocycles. The standard InChI is InChI=1S/C18H20N4O4S/c1-12-11-16(13(2)10-15(12)25-3)27(23,24)20-9-6-17-21-22-18(26-17)14-4-7-19-8-5-14/h4-5,7-8,10-11,20H,6,9H2,1-3H3. The third-order valence-corrected chi connectivity index (χ3v) is 5.61. The molecule has 9 heteroatoms. The molecule has 0 aliphatic rings. The molecule has 1 aromatic carbocycles. The smallest absolute Gasteiger partial charge is 0.247 e. The number of nitrogens with one attached hydrogen (secondary N) is 1. The SMILES string of the molecule is COc1cc(C)c(S(=O)(=O)NCCc2nnc(-c3ccncc3)o2)cc1C. The van der Waals surface area contributed by atoms with Gasteiger partial charge >= 0.3 is 0 Å². The fourth-order valence-corrected chi connectivity index (χ4v) is 3.95. The van der Waals surface area contributed by atoms with E-state index >= 15 is 0 Å². The van der Waals surface area contributed by atoms with Crippen LogP contribution in [0, 0.1) is 13.8 Å². The van der Waals surface area contributed by atoms with E-state index in [-0.39, 0.29) is 17.9 Å². The summed E-state index contributed by atoms with van der Waals surface area (Å²) < 4.78 is 38.6. The first-order valence-electron chi connectivity index (χ1n) is 8.28. The molecule has 8 nitrogen and oxygen atoms in total. The lowest BCUT2D eigenvalue weighted by molar-refractivity contribution is 0.411. The summed E-state index contributed by atoms with van der Waals surface area (Å²) in [6.45, 7) is 3.68. The zero-order chi connectivity index (χ0) is 19.4. The van der Waals surface area contributed by atoms with E-state index in [1.54, 1.807) is 57.6 Å². The molecule has 0 atom stereocenters. The normalized spacial score (nSPS) is 11.5. The second-order valence-electron chi connectivity index (χ2n) is 5.97. The van der Waals surface area contributed by atoms with Crippen molar-refractivity contribution in [1.29, 1.82) is 0 Å². The van der Waals surface area contributed by atoms with Gasteiger partial charge in [-0.1, -0.05) is 0 Å². The number of sulfonamides is 1. The minimum absolute atomic E-state index is 0.144. The van der Waals surface area contributed by atoms with Crippen LogP contribution in [0.3, 0.4) is 0 Å². The van der Waals surface area contributed by atoms with Crippen LogP contribution in [-0.4, -0.2) is 37.3 Å². The van der Waals surface area contributed by atoms with Gasteiger partial charge in [0.15, 0.2) is 0 Å². The summed E-state index contributed by atoms with van der Waals surface area (Å²) in [5, 5.41) is 7.92. The number of nitrogens with zero attached hydrogens (tertiary/aromatic N) is 3. The summed E-state index contributed by atoms with van der Waals surface area (Å²) in [6, 6.07) is 6.83. The Kier molecular flexibility index (Phi) is 5.52. The molecule has 0 fully saturated rings. The van der Waals surface area contributed by atoms with E-state index in [4.69, 9.17) is 9.15 Å². The molecule has 0 unspecified atom stereocenters. The van der Waals surface area contributed by atoms with E-state index < -0.39 is 10.0 Å². The fourth-order valence-electron chi connectivity index (χ4n) is 2.61. The van der Waals surface area contributed by atoms with Gasteiger partial charge < -0.3 is 9.15 Å². The lowest BCUT2D eigenvalue weighted by Gasteiger charge is -2.12. The Morgan fingerprint density at radius 1 is 1.11 bits per heavy atom. The Morgan fingerprint density at radius 2 is 1.85 bits per heavy atom. The molecule has 0 aliphatic carbocycles. The molecule has 0 amide bonds. The Bertz CT molecular complexity index is 1030. The molecule has 2 heterocycles. The number of rotatable bonds is 7. The number of ether oxygens (including phenoxy) is 1. The van der Waals surface area contributed by atoms with Crippen LogP contribution in [0.1, 0.15) is 17.0 Å². The molecule has 3 aromatic rings. The molecule has 0 radical (unpaired) electrons. The van der Waals surface area contributed by atoms with Crippen molar-refractivity contribution in [2.24, 2.45) is 0 Å². The van der Waals surface area contributed by atoms with Gasteiger partial charge in [-0.2, -0.15) is 0 Å². The average Bonchev–Trinajstić information content (AvgIpc) is 3.12. The van der Waals surface area contributed by atoms with Gasteiger partial charge in [0.2, 0.25) is 21.8 Å². The maximum Gasteiger partial charge on any atom is 0.247 e. The van der Waals surface area contributed by atoms with Crippen LogP contribution in [0.2, 0.25) is 0 Å². The third-order valence-electron chi connectivity index (χ3n) is 4.01. The number of hydrogen-bond acceptors (Lipinski definition) is 7. The maximum absolute atomic E-state index is 12.6. The van der Waals surface area contributed by atoms with Crippen LogP contribution in [0.4, 0.5) is 0 Å². The zero-order valence-electron chi connectivity index (χ0n) is 15.3. The molecule has 3 rings (SSSR count). The third kappa shape index (κ3) is 4.32. The Labute approximate surface area is 157 Å². The molecule has 142 valence electrons. The first-order chi connectivity index (χ1) is 12.9. The van der Waals surface area contributed by atoms with Gasteiger partial charge in [0.1, 0.15) is 5.75 Å². The van der Waals surface area contributed by atoms with Crippen LogP contribution >= 0.6 is 0 Å². The van der Waals surface area contributed by atoms with Gasteiger partial charge in [0.05, 0.1) is 12.0 Å². The minimum Gasteiger partial charge on any atom is -0.496 e. The predicted molar refractivity (Wildman–Crippen MR) is 98.9 cm³/mol. The van der Waals surface area contributed by atoms with Crippen molar-refractivity contribution in [3.8, 4) is 17.2 Å². The summed E-state index contributed by atoms with van der Waals surface area (Å²) >= 11 is 0. The van der Waals surface area contributed by atoms with Crippen molar-refractivity contribution in [3.05, 3.63) is 53.7 Å². The van der Waals surface area contributed by atoms with E-state index in [9.17, 15) is 8.42 Å². The quantitative estimate of drug-likeness (QED) is 0.661. The van der Waals surface area contributed by atoms with Crippen LogP contribution in [-0.2, 0) is 16.4 Å². The number of aryl methyl sites for hydroxylation is 2. The molecule has 27 heavy (non-hydrogen) atoms. The van der Waals surface area contributed by atoms with Crippen molar-refractivity contribution in [3.63, 3.8) is 0 Å². The van der Waals surface area contributed by atoms with Crippen LogP contribution in [0.25, 0.3) is 11.5 Å². The number of methoxy groups -OCH3 is 1. The second-order valence-corrected chi connectivity index (χ2v) is 7.71. The van der Waals surface area contributed by atoms with Gasteiger partial charge in [-0.05, 0) is 49.2 Å². The first kappa shape index (κ1) is 19.0. The van der Waals surface area contributed by atoms with Crippen LogP contribution < -0.4 is 9.46 Å². The molecular weight excluding hydrogens is 368 g/mol. The summed E-state index contributed by atoms with van der Waals surface area (Å²) in [5.74, 6) is 1.38. The van der Waals surface area contributed by atoms with Crippen LogP contribution in [0.5, 0.6) is 5.75 Å². The Balaban J connectivity index is 1.67. The molecule has 0 bridgehead atoms. The molecule has 0 saturated heterocycles. The van der Waals surface area contributed by atoms with Gasteiger partial charge in [0.25, 0.3) is 0 Å². The van der Waals surface area contributed by atoms with Crippen molar-refractivity contribution >= 4 is 10.0 Å². The maximum atomic E-state index is 12.6. The Morgan fingerprint density at radius 3 is 2.56 bits per heavy atom. The van der Waals surface area contributed by atoms with E-state index in [2.05, 4.69) is 19.9 Å². The van der Waals surface area contributed by atoms with E-state index in [0.717, 1.165) is 11.1 Å². The van der Waals surface area contributed by atoms with Gasteiger partial charge in [0, 0.05) is 30.9 Å². The number of hydrogen-bond donors (Lipinski definition) is 1. The summed E-state index contributed by atoms with van der Waals surface area (Å²) in [7, 11) is -2.10. The monoisotopic (exact) mass is 388 g/mol. The lowest BCUT2D eigenvalue weighted by Crippen LogP contribution is -2.26. The molecular formula is C18H20N4O4S. The first-order valence-corrected chi connectivity index (χ1v) is 9.76. The number of aromatic nitrogens is 3. The van der Waals surface area contributed by atoms with E-state index in [1.165, 1.54) is 0 Å². The van der Waals surface area contributed by atoms with Crippen LogP contribution in [0.15, 0.2) is 46.0 Å². The number of benzene rings is 1. The summed E-state index contributed by atoms with van der Waals surface area (Å²) in [5.41, 5.74) is 2.12. The lowest BCUT2D eigenvalue weighted by atomic mass is 10.1. The summed E-state index contributed by atoms with van der Waals surface area (Å²) in [4.78, 5) is 4.16. The molecule has 0 aliphatic heterocycles. The van der Waals surface area contributed by atoms with Crippen molar-refractivity contribution in [2.45, 2.75) is 25.2 Å².